The fourth-order valence-corrected chi connectivity index (χ4v) is 4.12. The van der Waals surface area contributed by atoms with Crippen LogP contribution in [-0.2, 0) is 0 Å². The van der Waals surface area contributed by atoms with Gasteiger partial charge in [-0.05, 0) is 47.3 Å². The number of rotatable bonds is 2. The summed E-state index contributed by atoms with van der Waals surface area (Å²) in [5.41, 5.74) is 1.13. The van der Waals surface area contributed by atoms with Gasteiger partial charge >= 0.3 is 0 Å². The zero-order valence-corrected chi connectivity index (χ0v) is 13.6. The molecule has 1 amide bonds. The third-order valence-electron chi connectivity index (χ3n) is 3.38. The van der Waals surface area contributed by atoms with Crippen molar-refractivity contribution in [2.75, 3.05) is 12.4 Å². The van der Waals surface area contributed by atoms with Crippen LogP contribution in [0.15, 0.2) is 9.85 Å². The van der Waals surface area contributed by atoms with Crippen LogP contribution >= 0.6 is 38.9 Å². The molecule has 0 bridgehead atoms. The van der Waals surface area contributed by atoms with Crippen LogP contribution in [0.2, 0.25) is 0 Å². The molecule has 0 aromatic carbocycles. The minimum atomic E-state index is 0.140. The summed E-state index contributed by atoms with van der Waals surface area (Å²) in [6.07, 6.45) is 4.49. The van der Waals surface area contributed by atoms with E-state index in [1.54, 1.807) is 0 Å². The van der Waals surface area contributed by atoms with Crippen molar-refractivity contribution in [2.24, 2.45) is 0 Å². The predicted octanol–water partition coefficient (Wildman–Crippen LogP) is 4.44. The Balaban J connectivity index is 2.19. The molecular formula is C13H17BrClNOS. The molecule has 2 rings (SSSR count). The summed E-state index contributed by atoms with van der Waals surface area (Å²) in [5, 5.41) is 0. The van der Waals surface area contributed by atoms with E-state index < -0.39 is 0 Å². The molecule has 0 spiro atoms. The van der Waals surface area contributed by atoms with Crippen molar-refractivity contribution in [3.63, 3.8) is 0 Å². The molecule has 2 nitrogen and oxygen atoms in total. The van der Waals surface area contributed by atoms with E-state index in [1.165, 1.54) is 24.2 Å². The zero-order valence-electron chi connectivity index (χ0n) is 10.4. The van der Waals surface area contributed by atoms with Gasteiger partial charge < -0.3 is 4.90 Å². The Morgan fingerprint density at radius 3 is 2.94 bits per heavy atom. The first-order chi connectivity index (χ1) is 8.63. The van der Waals surface area contributed by atoms with Crippen LogP contribution in [0.4, 0.5) is 0 Å². The van der Waals surface area contributed by atoms with Crippen LogP contribution in [0.3, 0.4) is 0 Å². The van der Waals surface area contributed by atoms with Gasteiger partial charge in [0.1, 0.15) is 0 Å². The lowest BCUT2D eigenvalue weighted by atomic mass is 10.1. The molecule has 1 aromatic rings. The zero-order chi connectivity index (χ0) is 13.1. The summed E-state index contributed by atoms with van der Waals surface area (Å²) in [6, 6.07) is 2.16. The molecule has 18 heavy (non-hydrogen) atoms. The second-order valence-electron chi connectivity index (χ2n) is 4.72. The van der Waals surface area contributed by atoms with Crippen LogP contribution in [-0.4, -0.2) is 29.3 Å². The summed E-state index contributed by atoms with van der Waals surface area (Å²) >= 11 is 11.0. The van der Waals surface area contributed by atoms with Crippen LogP contribution < -0.4 is 0 Å². The Bertz CT molecular complexity index is 415. The number of alkyl halides is 1. The SMILES string of the molecule is Cc1cc(C(=O)N2CCCCCC2CCl)sc1Br. The van der Waals surface area contributed by atoms with E-state index in [0.29, 0.717) is 5.88 Å². The molecule has 1 atom stereocenters. The van der Waals surface area contributed by atoms with E-state index >= 15 is 0 Å². The van der Waals surface area contributed by atoms with E-state index in [9.17, 15) is 4.79 Å². The third-order valence-corrected chi connectivity index (χ3v) is 5.86. The fraction of sp³-hybridized carbons (Fsp3) is 0.615. The first-order valence-corrected chi connectivity index (χ1v) is 8.40. The summed E-state index contributed by atoms with van der Waals surface area (Å²) < 4.78 is 1.04. The highest BCUT2D eigenvalue weighted by Crippen LogP contribution is 2.29. The minimum Gasteiger partial charge on any atom is -0.334 e. The van der Waals surface area contributed by atoms with Gasteiger partial charge in [-0.1, -0.05) is 12.8 Å². The van der Waals surface area contributed by atoms with E-state index in [2.05, 4.69) is 15.9 Å². The average molecular weight is 351 g/mol. The predicted molar refractivity (Wildman–Crippen MR) is 80.8 cm³/mol. The number of thiophene rings is 1. The molecule has 1 unspecified atom stereocenters. The summed E-state index contributed by atoms with van der Waals surface area (Å²) in [4.78, 5) is 15.3. The van der Waals surface area contributed by atoms with E-state index in [4.69, 9.17) is 11.6 Å². The highest BCUT2D eigenvalue weighted by molar-refractivity contribution is 9.11. The molecule has 100 valence electrons. The molecule has 2 heterocycles. The van der Waals surface area contributed by atoms with Gasteiger partial charge in [-0.15, -0.1) is 22.9 Å². The number of hydrogen-bond donors (Lipinski definition) is 0. The van der Waals surface area contributed by atoms with Gasteiger partial charge in [0.2, 0.25) is 0 Å². The Kier molecular flexibility index (Phi) is 5.10. The summed E-state index contributed by atoms with van der Waals surface area (Å²) in [7, 11) is 0. The smallest absolute Gasteiger partial charge is 0.264 e. The molecule has 0 N–H and O–H groups in total. The van der Waals surface area contributed by atoms with Crippen LogP contribution in [0.25, 0.3) is 0 Å². The molecule has 1 aliphatic heterocycles. The first kappa shape index (κ1) is 14.4. The average Bonchev–Trinajstić information content (AvgIpc) is 2.58. The van der Waals surface area contributed by atoms with Crippen molar-refractivity contribution >= 4 is 44.8 Å². The van der Waals surface area contributed by atoms with E-state index in [1.807, 2.05) is 17.9 Å². The van der Waals surface area contributed by atoms with Gasteiger partial charge in [-0.3, -0.25) is 4.79 Å². The van der Waals surface area contributed by atoms with Gasteiger partial charge in [0.05, 0.1) is 8.66 Å². The molecule has 1 saturated heterocycles. The largest absolute Gasteiger partial charge is 0.334 e. The van der Waals surface area contributed by atoms with Crippen molar-refractivity contribution in [2.45, 2.75) is 38.6 Å². The molecule has 1 aliphatic rings. The van der Waals surface area contributed by atoms with Gasteiger partial charge in [0.25, 0.3) is 5.91 Å². The Labute approximate surface area is 125 Å². The lowest BCUT2D eigenvalue weighted by Gasteiger charge is -2.28. The molecule has 5 heteroatoms. The number of aryl methyl sites for hydroxylation is 1. The number of nitrogens with zero attached hydrogens (tertiary/aromatic N) is 1. The van der Waals surface area contributed by atoms with Crippen molar-refractivity contribution < 1.29 is 4.79 Å². The van der Waals surface area contributed by atoms with Crippen LogP contribution in [0.5, 0.6) is 0 Å². The molecule has 1 fully saturated rings. The Morgan fingerprint density at radius 2 is 2.33 bits per heavy atom. The summed E-state index contributed by atoms with van der Waals surface area (Å²) in [6.45, 7) is 2.85. The van der Waals surface area contributed by atoms with E-state index in [0.717, 1.165) is 33.6 Å². The first-order valence-electron chi connectivity index (χ1n) is 6.26. The second-order valence-corrected chi connectivity index (χ2v) is 7.40. The third kappa shape index (κ3) is 3.09. The lowest BCUT2D eigenvalue weighted by Crippen LogP contribution is -2.40. The lowest BCUT2D eigenvalue weighted by molar-refractivity contribution is 0.0705. The highest BCUT2D eigenvalue weighted by Gasteiger charge is 2.26. The maximum Gasteiger partial charge on any atom is 0.264 e. The van der Waals surface area contributed by atoms with E-state index in [-0.39, 0.29) is 11.9 Å². The molecule has 0 radical (unpaired) electrons. The quantitative estimate of drug-likeness (QED) is 0.722. The van der Waals surface area contributed by atoms with Crippen molar-refractivity contribution in [3.8, 4) is 0 Å². The van der Waals surface area contributed by atoms with Crippen molar-refractivity contribution in [1.82, 2.24) is 4.90 Å². The molecule has 1 aromatic heterocycles. The Hall–Kier alpha value is -0.0600. The summed E-state index contributed by atoms with van der Waals surface area (Å²) in [5.74, 6) is 0.679. The maximum atomic E-state index is 12.5. The fourth-order valence-electron chi connectivity index (χ4n) is 2.31. The van der Waals surface area contributed by atoms with Crippen LogP contribution in [0.1, 0.15) is 40.9 Å². The van der Waals surface area contributed by atoms with Gasteiger partial charge in [0.15, 0.2) is 0 Å². The molecule has 0 saturated carbocycles. The molecular weight excluding hydrogens is 334 g/mol. The standard InChI is InChI=1S/C13H17BrClNOS/c1-9-7-11(18-12(9)14)13(17)16-6-4-2-3-5-10(16)8-15/h7,10H,2-6,8H2,1H3. The second kappa shape index (κ2) is 6.40. The number of carbonyl (C=O) groups excluding carboxylic acids is 1. The van der Waals surface area contributed by atoms with Gasteiger partial charge in [0, 0.05) is 18.5 Å². The number of carbonyl (C=O) groups is 1. The molecule has 0 aliphatic carbocycles. The maximum absolute atomic E-state index is 12.5. The van der Waals surface area contributed by atoms with Crippen molar-refractivity contribution in [3.05, 3.63) is 20.3 Å². The number of halogens is 2. The van der Waals surface area contributed by atoms with Crippen molar-refractivity contribution in [1.29, 1.82) is 0 Å². The van der Waals surface area contributed by atoms with Gasteiger partial charge in [-0.25, -0.2) is 0 Å². The van der Waals surface area contributed by atoms with Crippen LogP contribution in [0, 0.1) is 6.92 Å². The number of likely N-dealkylation sites (tertiary alicyclic amines) is 1. The topological polar surface area (TPSA) is 20.3 Å². The van der Waals surface area contributed by atoms with Gasteiger partial charge in [-0.2, -0.15) is 0 Å². The number of hydrogen-bond acceptors (Lipinski definition) is 2. The normalized spacial score (nSPS) is 20.8. The minimum absolute atomic E-state index is 0.140. The highest BCUT2D eigenvalue weighted by atomic mass is 79.9. The monoisotopic (exact) mass is 349 g/mol. The Morgan fingerprint density at radius 1 is 1.56 bits per heavy atom. The number of amides is 1.